The van der Waals surface area contributed by atoms with E-state index in [0.29, 0.717) is 10.9 Å². The fourth-order valence-corrected chi connectivity index (χ4v) is 2.66. The lowest BCUT2D eigenvalue weighted by atomic mass is 10.0. The second kappa shape index (κ2) is 5.31. The maximum atomic E-state index is 14.3. The van der Waals surface area contributed by atoms with Gasteiger partial charge >= 0.3 is 5.63 Å². The Labute approximate surface area is 124 Å². The van der Waals surface area contributed by atoms with Crippen LogP contribution in [0.4, 0.5) is 4.39 Å². The van der Waals surface area contributed by atoms with Crippen LogP contribution < -0.4 is 10.4 Å². The molecule has 3 aromatic rings. The summed E-state index contributed by atoms with van der Waals surface area (Å²) in [6.45, 7) is -0.141. The van der Waals surface area contributed by atoms with Crippen molar-refractivity contribution in [1.82, 2.24) is 0 Å². The molecule has 22 heavy (non-hydrogen) atoms. The maximum absolute atomic E-state index is 14.3. The molecule has 0 atom stereocenters. The summed E-state index contributed by atoms with van der Waals surface area (Å²) in [5.41, 5.74) is -0.240. The second-order valence-corrected chi connectivity index (χ2v) is 4.82. The number of phenolic OH excluding ortho intramolecular Hbond substituents is 1. The van der Waals surface area contributed by atoms with Crippen molar-refractivity contribution in [3.63, 3.8) is 0 Å². The fourth-order valence-electron chi connectivity index (χ4n) is 2.66. The van der Waals surface area contributed by atoms with Gasteiger partial charge in [-0.3, -0.25) is 0 Å². The Balaban J connectivity index is 2.57. The van der Waals surface area contributed by atoms with Crippen LogP contribution in [0.25, 0.3) is 21.7 Å². The predicted molar refractivity (Wildman–Crippen MR) is 79.0 cm³/mol. The summed E-state index contributed by atoms with van der Waals surface area (Å²) in [7, 11) is 1.29. The van der Waals surface area contributed by atoms with Gasteiger partial charge in [-0.1, -0.05) is 18.2 Å². The summed E-state index contributed by atoms with van der Waals surface area (Å²) >= 11 is 0. The van der Waals surface area contributed by atoms with Crippen LogP contribution in [-0.2, 0) is 6.42 Å². The highest BCUT2D eigenvalue weighted by Gasteiger charge is 2.20. The molecule has 0 bridgehead atoms. The van der Waals surface area contributed by atoms with E-state index in [1.807, 2.05) is 0 Å². The van der Waals surface area contributed by atoms with Crippen LogP contribution in [0.1, 0.15) is 5.56 Å². The molecule has 3 rings (SSSR count). The summed E-state index contributed by atoms with van der Waals surface area (Å²) in [6, 6.07) is 5.86. The fraction of sp³-hybridized carbons (Fsp3) is 0.188. The molecule has 0 aliphatic carbocycles. The summed E-state index contributed by atoms with van der Waals surface area (Å²) in [5.74, 6) is -1.26. The van der Waals surface area contributed by atoms with E-state index in [1.165, 1.54) is 7.11 Å². The first kappa shape index (κ1) is 14.3. The van der Waals surface area contributed by atoms with Crippen molar-refractivity contribution in [3.8, 4) is 11.5 Å². The highest BCUT2D eigenvalue weighted by Crippen LogP contribution is 2.39. The van der Waals surface area contributed by atoms with Crippen LogP contribution in [0.3, 0.4) is 0 Å². The third kappa shape index (κ3) is 2.00. The predicted octanol–water partition coefficient (Wildman–Crippen LogP) is 2.33. The molecule has 0 saturated carbocycles. The van der Waals surface area contributed by atoms with Crippen molar-refractivity contribution < 1.29 is 23.8 Å². The van der Waals surface area contributed by atoms with E-state index in [2.05, 4.69) is 0 Å². The third-order valence-corrected chi connectivity index (χ3v) is 3.57. The van der Waals surface area contributed by atoms with E-state index in [0.717, 1.165) is 6.07 Å². The van der Waals surface area contributed by atoms with E-state index in [-0.39, 0.29) is 35.1 Å². The number of phenols is 1. The Hall–Kier alpha value is -2.60. The number of aliphatic hydroxyl groups is 1. The Morgan fingerprint density at radius 2 is 2.09 bits per heavy atom. The molecule has 2 N–H and O–H groups in total. The van der Waals surface area contributed by atoms with Gasteiger partial charge in [-0.15, -0.1) is 0 Å². The number of methoxy groups -OCH3 is 1. The average Bonchev–Trinajstić information content (AvgIpc) is 2.47. The summed E-state index contributed by atoms with van der Waals surface area (Å²) in [6.07, 6.45) is 0.254. The number of hydrogen-bond donors (Lipinski definition) is 2. The minimum Gasteiger partial charge on any atom is -0.504 e. The van der Waals surface area contributed by atoms with Crippen molar-refractivity contribution in [3.05, 3.63) is 46.1 Å². The summed E-state index contributed by atoms with van der Waals surface area (Å²) in [4.78, 5) is 12.3. The Morgan fingerprint density at radius 1 is 1.32 bits per heavy atom. The number of fused-ring (bicyclic) bond motifs is 3. The molecule has 0 unspecified atom stereocenters. The van der Waals surface area contributed by atoms with Gasteiger partial charge in [-0.05, 0) is 12.0 Å². The number of ether oxygens (including phenoxy) is 1. The van der Waals surface area contributed by atoms with E-state index in [9.17, 15) is 14.3 Å². The topological polar surface area (TPSA) is 79.9 Å². The van der Waals surface area contributed by atoms with Crippen molar-refractivity contribution in [1.29, 1.82) is 0 Å². The van der Waals surface area contributed by atoms with Gasteiger partial charge in [0.15, 0.2) is 11.3 Å². The summed E-state index contributed by atoms with van der Waals surface area (Å²) < 4.78 is 24.5. The Bertz CT molecular complexity index is 929. The zero-order chi connectivity index (χ0) is 15.9. The van der Waals surface area contributed by atoms with Crippen molar-refractivity contribution in [2.45, 2.75) is 6.42 Å². The van der Waals surface area contributed by atoms with Gasteiger partial charge in [0, 0.05) is 18.1 Å². The van der Waals surface area contributed by atoms with E-state index in [4.69, 9.17) is 14.3 Å². The lowest BCUT2D eigenvalue weighted by Crippen LogP contribution is -2.06. The van der Waals surface area contributed by atoms with Crippen LogP contribution in [0.2, 0.25) is 0 Å². The van der Waals surface area contributed by atoms with E-state index >= 15 is 0 Å². The van der Waals surface area contributed by atoms with Crippen molar-refractivity contribution in [2.75, 3.05) is 13.7 Å². The minimum atomic E-state index is -0.719. The number of hydrogen-bond acceptors (Lipinski definition) is 5. The van der Waals surface area contributed by atoms with Gasteiger partial charge in [-0.25, -0.2) is 9.18 Å². The normalized spacial score (nSPS) is 11.2. The molecule has 0 fully saturated rings. The third-order valence-electron chi connectivity index (χ3n) is 3.57. The largest absolute Gasteiger partial charge is 0.504 e. The van der Waals surface area contributed by atoms with Gasteiger partial charge in [0.25, 0.3) is 0 Å². The lowest BCUT2D eigenvalue weighted by molar-refractivity contribution is 0.300. The molecule has 0 radical (unpaired) electrons. The average molecular weight is 304 g/mol. The van der Waals surface area contributed by atoms with Crippen molar-refractivity contribution in [2.24, 2.45) is 0 Å². The molecule has 1 heterocycles. The molecule has 5 nitrogen and oxygen atoms in total. The van der Waals surface area contributed by atoms with Crippen LogP contribution in [0, 0.1) is 5.82 Å². The first-order valence-electron chi connectivity index (χ1n) is 6.63. The first-order valence-corrected chi connectivity index (χ1v) is 6.63. The maximum Gasteiger partial charge on any atom is 0.344 e. The molecule has 1 aromatic heterocycles. The van der Waals surface area contributed by atoms with Crippen LogP contribution in [0.15, 0.2) is 33.5 Å². The van der Waals surface area contributed by atoms with Gasteiger partial charge < -0.3 is 19.4 Å². The molecule has 0 spiro atoms. The zero-order valence-electron chi connectivity index (χ0n) is 11.7. The number of rotatable bonds is 3. The molecule has 0 amide bonds. The van der Waals surface area contributed by atoms with Crippen molar-refractivity contribution >= 4 is 21.7 Å². The molecule has 114 valence electrons. The first-order chi connectivity index (χ1) is 10.6. The van der Waals surface area contributed by atoms with Crippen LogP contribution >= 0.6 is 0 Å². The molecular weight excluding hydrogens is 291 g/mol. The SMILES string of the molecule is COc1c(O)cc(F)c2c1oc(=O)c1c(CCO)cccc12. The Kier molecular flexibility index (Phi) is 3.46. The van der Waals surface area contributed by atoms with Gasteiger partial charge in [0.1, 0.15) is 5.82 Å². The van der Waals surface area contributed by atoms with Crippen LogP contribution in [-0.4, -0.2) is 23.9 Å². The molecule has 6 heteroatoms. The van der Waals surface area contributed by atoms with E-state index in [1.54, 1.807) is 18.2 Å². The molecule has 2 aromatic carbocycles. The highest BCUT2D eigenvalue weighted by molar-refractivity contribution is 6.07. The monoisotopic (exact) mass is 304 g/mol. The van der Waals surface area contributed by atoms with Gasteiger partial charge in [-0.2, -0.15) is 0 Å². The molecule has 0 aliphatic heterocycles. The highest BCUT2D eigenvalue weighted by atomic mass is 19.1. The molecule has 0 aliphatic rings. The Morgan fingerprint density at radius 3 is 2.77 bits per heavy atom. The van der Waals surface area contributed by atoms with E-state index < -0.39 is 17.2 Å². The summed E-state index contributed by atoms with van der Waals surface area (Å²) in [5, 5.41) is 19.5. The number of halogens is 1. The van der Waals surface area contributed by atoms with Crippen LogP contribution in [0.5, 0.6) is 11.5 Å². The van der Waals surface area contributed by atoms with Gasteiger partial charge in [0.05, 0.1) is 17.9 Å². The number of aromatic hydroxyl groups is 1. The number of benzene rings is 2. The smallest absolute Gasteiger partial charge is 0.344 e. The second-order valence-electron chi connectivity index (χ2n) is 4.82. The number of aliphatic hydroxyl groups excluding tert-OH is 1. The molecular formula is C16H13FO5. The quantitative estimate of drug-likeness (QED) is 0.573. The lowest BCUT2D eigenvalue weighted by Gasteiger charge is -2.11. The molecule has 0 saturated heterocycles. The van der Waals surface area contributed by atoms with Gasteiger partial charge in [0.2, 0.25) is 5.75 Å². The standard InChI is InChI=1S/C16H13FO5/c1-21-14-11(19)7-10(17)13-9-4-2-3-8(5-6-18)12(9)16(20)22-15(13)14/h2-4,7,18-19H,5-6H2,1H3. The minimum absolute atomic E-state index is 0.0593. The zero-order valence-corrected chi connectivity index (χ0v) is 11.7.